The molecule has 2 fully saturated rings. The number of halogens is 1. The van der Waals surface area contributed by atoms with Crippen LogP contribution in [0.4, 0.5) is 4.39 Å². The van der Waals surface area contributed by atoms with Crippen molar-refractivity contribution >= 4 is 15.9 Å². The summed E-state index contributed by atoms with van der Waals surface area (Å²) in [5.74, 6) is -0.114. The normalized spacial score (nSPS) is 20.2. The minimum absolute atomic E-state index is 0.105. The van der Waals surface area contributed by atoms with Gasteiger partial charge in [-0.25, -0.2) is 12.8 Å². The number of rotatable bonds is 3. The number of piperazine rings is 1. The van der Waals surface area contributed by atoms with Gasteiger partial charge in [-0.15, -0.1) is 0 Å². The lowest BCUT2D eigenvalue weighted by atomic mass is 10.2. The molecule has 0 N–H and O–H groups in total. The Kier molecular flexibility index (Phi) is 3.94. The molecule has 22 heavy (non-hydrogen) atoms. The maximum absolute atomic E-state index is 13.3. The predicted octanol–water partition coefficient (Wildman–Crippen LogP) is 1.38. The molecule has 5 nitrogen and oxygen atoms in total. The number of benzene rings is 1. The van der Waals surface area contributed by atoms with Gasteiger partial charge in [0.15, 0.2) is 0 Å². The molecule has 0 atom stereocenters. The quantitative estimate of drug-likeness (QED) is 0.843. The summed E-state index contributed by atoms with van der Waals surface area (Å²) in [6.07, 6.45) is 1.90. The first kappa shape index (κ1) is 15.4. The average molecular weight is 326 g/mol. The third-order valence-electron chi connectivity index (χ3n) is 4.24. The van der Waals surface area contributed by atoms with Crippen molar-refractivity contribution in [2.45, 2.75) is 24.7 Å². The van der Waals surface area contributed by atoms with Crippen molar-refractivity contribution in [3.05, 3.63) is 29.6 Å². The summed E-state index contributed by atoms with van der Waals surface area (Å²) in [6, 6.07) is 3.82. The molecule has 1 aliphatic carbocycles. The van der Waals surface area contributed by atoms with Crippen LogP contribution in [0, 0.1) is 18.7 Å². The molecule has 7 heteroatoms. The van der Waals surface area contributed by atoms with Gasteiger partial charge in [0.25, 0.3) is 0 Å². The molecule has 1 aromatic rings. The van der Waals surface area contributed by atoms with E-state index in [0.29, 0.717) is 18.7 Å². The van der Waals surface area contributed by atoms with E-state index in [1.807, 2.05) is 0 Å². The second kappa shape index (κ2) is 5.62. The number of carbonyl (C=O) groups is 1. The number of hydrogen-bond acceptors (Lipinski definition) is 3. The lowest BCUT2D eigenvalue weighted by Crippen LogP contribution is -2.50. The highest BCUT2D eigenvalue weighted by Crippen LogP contribution is 2.31. The molecule has 1 saturated heterocycles. The van der Waals surface area contributed by atoms with Crippen LogP contribution < -0.4 is 0 Å². The van der Waals surface area contributed by atoms with Gasteiger partial charge in [0, 0.05) is 32.1 Å². The third-order valence-corrected chi connectivity index (χ3v) is 6.14. The minimum atomic E-state index is -3.63. The van der Waals surface area contributed by atoms with E-state index in [-0.39, 0.29) is 29.8 Å². The molecular weight excluding hydrogens is 307 g/mol. The fraction of sp³-hybridized carbons (Fsp3) is 0.533. The monoisotopic (exact) mass is 326 g/mol. The molecule has 1 saturated carbocycles. The largest absolute Gasteiger partial charge is 0.340 e. The maximum Gasteiger partial charge on any atom is 0.243 e. The van der Waals surface area contributed by atoms with E-state index in [9.17, 15) is 17.6 Å². The number of aryl methyl sites for hydroxylation is 1. The Bertz CT molecular complexity index is 693. The number of nitrogens with zero attached hydrogens (tertiary/aromatic N) is 2. The summed E-state index contributed by atoms with van der Waals surface area (Å²) in [7, 11) is -3.63. The van der Waals surface area contributed by atoms with Gasteiger partial charge < -0.3 is 4.90 Å². The first-order valence-electron chi connectivity index (χ1n) is 7.44. The van der Waals surface area contributed by atoms with Crippen LogP contribution in [0.3, 0.4) is 0 Å². The van der Waals surface area contributed by atoms with Gasteiger partial charge in [-0.1, -0.05) is 0 Å². The highest BCUT2D eigenvalue weighted by atomic mass is 32.2. The molecular formula is C15H19FN2O3S. The number of carbonyl (C=O) groups excluding carboxylic acids is 1. The summed E-state index contributed by atoms with van der Waals surface area (Å²) < 4.78 is 39.8. The van der Waals surface area contributed by atoms with Gasteiger partial charge in [-0.3, -0.25) is 4.79 Å². The Labute approximate surface area is 129 Å². The highest BCUT2D eigenvalue weighted by molar-refractivity contribution is 7.89. The molecule has 0 unspecified atom stereocenters. The van der Waals surface area contributed by atoms with Crippen LogP contribution in [0.25, 0.3) is 0 Å². The summed E-state index contributed by atoms with van der Waals surface area (Å²) >= 11 is 0. The predicted molar refractivity (Wildman–Crippen MR) is 79.2 cm³/mol. The first-order chi connectivity index (χ1) is 10.4. The van der Waals surface area contributed by atoms with Crippen molar-refractivity contribution in [1.82, 2.24) is 9.21 Å². The Hall–Kier alpha value is -1.47. The minimum Gasteiger partial charge on any atom is -0.340 e. The van der Waals surface area contributed by atoms with Gasteiger partial charge in [0.2, 0.25) is 15.9 Å². The Morgan fingerprint density at radius 2 is 1.82 bits per heavy atom. The second-order valence-electron chi connectivity index (χ2n) is 5.91. The van der Waals surface area contributed by atoms with E-state index in [1.54, 1.807) is 11.8 Å². The van der Waals surface area contributed by atoms with Crippen LogP contribution in [0.1, 0.15) is 18.4 Å². The average Bonchev–Trinajstić information content (AvgIpc) is 3.34. The van der Waals surface area contributed by atoms with E-state index < -0.39 is 15.8 Å². The lowest BCUT2D eigenvalue weighted by Gasteiger charge is -2.34. The van der Waals surface area contributed by atoms with Crippen molar-refractivity contribution < 1.29 is 17.6 Å². The maximum atomic E-state index is 13.3. The Balaban J connectivity index is 1.71. The summed E-state index contributed by atoms with van der Waals surface area (Å²) in [4.78, 5) is 13.8. The van der Waals surface area contributed by atoms with Crippen molar-refractivity contribution in [3.63, 3.8) is 0 Å². The van der Waals surface area contributed by atoms with Crippen LogP contribution in [0.5, 0.6) is 0 Å². The van der Waals surface area contributed by atoms with E-state index in [2.05, 4.69) is 0 Å². The van der Waals surface area contributed by atoms with Gasteiger partial charge in [0.1, 0.15) is 5.82 Å². The van der Waals surface area contributed by atoms with Crippen LogP contribution in [-0.2, 0) is 14.8 Å². The molecule has 1 aromatic carbocycles. The summed E-state index contributed by atoms with van der Waals surface area (Å²) in [5.41, 5.74) is 0.309. The van der Waals surface area contributed by atoms with Crippen molar-refractivity contribution in [2.24, 2.45) is 5.92 Å². The van der Waals surface area contributed by atoms with Crippen molar-refractivity contribution in [1.29, 1.82) is 0 Å². The first-order valence-corrected chi connectivity index (χ1v) is 8.88. The zero-order valence-corrected chi connectivity index (χ0v) is 13.3. The molecule has 1 aliphatic heterocycles. The van der Waals surface area contributed by atoms with Crippen LogP contribution in [0.2, 0.25) is 0 Å². The molecule has 1 heterocycles. The van der Waals surface area contributed by atoms with Gasteiger partial charge in [-0.05, 0) is 43.5 Å². The van der Waals surface area contributed by atoms with Crippen molar-refractivity contribution in [3.8, 4) is 0 Å². The topological polar surface area (TPSA) is 57.7 Å². The molecule has 2 aliphatic rings. The van der Waals surface area contributed by atoms with E-state index >= 15 is 0 Å². The van der Waals surface area contributed by atoms with Gasteiger partial charge in [-0.2, -0.15) is 4.31 Å². The van der Waals surface area contributed by atoms with Crippen LogP contribution >= 0.6 is 0 Å². The van der Waals surface area contributed by atoms with E-state index in [4.69, 9.17) is 0 Å². The smallest absolute Gasteiger partial charge is 0.243 e. The van der Waals surface area contributed by atoms with Gasteiger partial charge in [0.05, 0.1) is 4.90 Å². The summed E-state index contributed by atoms with van der Waals surface area (Å²) in [5, 5.41) is 0. The van der Waals surface area contributed by atoms with Crippen LogP contribution in [-0.4, -0.2) is 49.7 Å². The molecule has 0 radical (unpaired) electrons. The zero-order valence-electron chi connectivity index (χ0n) is 12.5. The number of sulfonamides is 1. The lowest BCUT2D eigenvalue weighted by molar-refractivity contribution is -0.133. The second-order valence-corrected chi connectivity index (χ2v) is 7.85. The Morgan fingerprint density at radius 3 is 2.36 bits per heavy atom. The molecule has 3 rings (SSSR count). The fourth-order valence-electron chi connectivity index (χ4n) is 2.66. The van der Waals surface area contributed by atoms with E-state index in [0.717, 1.165) is 12.8 Å². The molecule has 120 valence electrons. The van der Waals surface area contributed by atoms with E-state index in [1.165, 1.54) is 22.5 Å². The molecule has 1 amide bonds. The summed E-state index contributed by atoms with van der Waals surface area (Å²) in [6.45, 7) is 2.97. The SMILES string of the molecule is Cc1cc(S(=O)(=O)N2CCN(C(=O)C3CC3)CC2)ccc1F. The molecule has 0 bridgehead atoms. The molecule has 0 spiro atoms. The van der Waals surface area contributed by atoms with Gasteiger partial charge >= 0.3 is 0 Å². The fourth-order valence-corrected chi connectivity index (χ4v) is 4.17. The van der Waals surface area contributed by atoms with Crippen molar-refractivity contribution in [2.75, 3.05) is 26.2 Å². The zero-order chi connectivity index (χ0) is 15.9. The standard InChI is InChI=1S/C15H19FN2O3S/c1-11-10-13(4-5-14(11)16)22(20,21)18-8-6-17(7-9-18)15(19)12-2-3-12/h4-5,10,12H,2-3,6-9H2,1H3. The number of amides is 1. The number of hydrogen-bond donors (Lipinski definition) is 0. The molecule has 0 aromatic heterocycles. The van der Waals surface area contributed by atoms with Crippen LogP contribution in [0.15, 0.2) is 23.1 Å². The highest BCUT2D eigenvalue weighted by Gasteiger charge is 2.36. The third kappa shape index (κ3) is 2.87. The Morgan fingerprint density at radius 1 is 1.18 bits per heavy atom.